The molecule has 0 aromatic heterocycles. The maximum absolute atomic E-state index is 11.9. The number of carbonyl (C=O) groups is 1. The lowest BCUT2D eigenvalue weighted by Crippen LogP contribution is -2.28. The highest BCUT2D eigenvalue weighted by molar-refractivity contribution is 5.96. The Morgan fingerprint density at radius 3 is 2.78 bits per heavy atom. The predicted molar refractivity (Wildman–Crippen MR) is 69.5 cm³/mol. The SMILES string of the molecule is C=C[C@@H]1CC[C@H](C(O)CC(=O)c2ccccc2)O1. The fourth-order valence-electron chi connectivity index (χ4n) is 2.21. The van der Waals surface area contributed by atoms with Gasteiger partial charge >= 0.3 is 0 Å². The summed E-state index contributed by atoms with van der Waals surface area (Å²) in [6, 6.07) is 9.02. The number of carbonyl (C=O) groups excluding carboxylic acids is 1. The van der Waals surface area contributed by atoms with E-state index in [1.54, 1.807) is 18.2 Å². The number of Topliss-reactive ketones (excluding diaryl/α,β-unsaturated/α-hetero) is 1. The molecule has 0 spiro atoms. The van der Waals surface area contributed by atoms with Crippen LogP contribution in [0.3, 0.4) is 0 Å². The lowest BCUT2D eigenvalue weighted by Gasteiger charge is -2.17. The molecule has 1 unspecified atom stereocenters. The van der Waals surface area contributed by atoms with E-state index in [4.69, 9.17) is 4.74 Å². The van der Waals surface area contributed by atoms with Crippen LogP contribution in [0, 0.1) is 0 Å². The Kier molecular flexibility index (Phi) is 4.28. The molecule has 1 aliphatic heterocycles. The molecule has 0 saturated carbocycles. The van der Waals surface area contributed by atoms with Crippen molar-refractivity contribution >= 4 is 5.78 Å². The zero-order valence-electron chi connectivity index (χ0n) is 10.3. The van der Waals surface area contributed by atoms with Gasteiger partial charge in [0.1, 0.15) is 0 Å². The topological polar surface area (TPSA) is 46.5 Å². The number of ether oxygens (including phenoxy) is 1. The lowest BCUT2D eigenvalue weighted by molar-refractivity contribution is -0.0211. The van der Waals surface area contributed by atoms with Gasteiger partial charge in [-0.25, -0.2) is 0 Å². The van der Waals surface area contributed by atoms with Crippen molar-refractivity contribution in [2.75, 3.05) is 0 Å². The summed E-state index contributed by atoms with van der Waals surface area (Å²) in [5, 5.41) is 10.0. The maximum atomic E-state index is 11.9. The van der Waals surface area contributed by atoms with Crippen LogP contribution >= 0.6 is 0 Å². The standard InChI is InChI=1S/C15H18O3/c1-2-12-8-9-15(18-12)14(17)10-13(16)11-6-4-3-5-7-11/h2-7,12,14-15,17H,1,8-10H2/t12-,14?,15-/m1/s1. The first-order valence-corrected chi connectivity index (χ1v) is 6.25. The highest BCUT2D eigenvalue weighted by atomic mass is 16.5. The van der Waals surface area contributed by atoms with Crippen LogP contribution in [0.15, 0.2) is 43.0 Å². The molecule has 1 fully saturated rings. The fourth-order valence-corrected chi connectivity index (χ4v) is 2.21. The third-order valence-corrected chi connectivity index (χ3v) is 3.27. The van der Waals surface area contributed by atoms with Crippen LogP contribution < -0.4 is 0 Å². The Labute approximate surface area is 107 Å². The molecule has 0 bridgehead atoms. The number of hydrogen-bond donors (Lipinski definition) is 1. The monoisotopic (exact) mass is 246 g/mol. The van der Waals surface area contributed by atoms with Gasteiger partial charge in [0.25, 0.3) is 0 Å². The van der Waals surface area contributed by atoms with Crippen molar-refractivity contribution in [3.8, 4) is 0 Å². The number of ketones is 1. The minimum absolute atomic E-state index is 0.0106. The van der Waals surface area contributed by atoms with Gasteiger partial charge in [0, 0.05) is 12.0 Å². The number of aliphatic hydroxyl groups excluding tert-OH is 1. The first-order chi connectivity index (χ1) is 8.70. The van der Waals surface area contributed by atoms with Crippen LogP contribution in [0.5, 0.6) is 0 Å². The van der Waals surface area contributed by atoms with E-state index in [9.17, 15) is 9.90 Å². The molecule has 1 saturated heterocycles. The first-order valence-electron chi connectivity index (χ1n) is 6.25. The molecular weight excluding hydrogens is 228 g/mol. The van der Waals surface area contributed by atoms with Crippen molar-refractivity contribution in [3.63, 3.8) is 0 Å². The van der Waals surface area contributed by atoms with Gasteiger partial charge in [-0.2, -0.15) is 0 Å². The van der Waals surface area contributed by atoms with E-state index in [0.29, 0.717) is 5.56 Å². The summed E-state index contributed by atoms with van der Waals surface area (Å²) in [5.74, 6) is -0.0475. The Balaban J connectivity index is 1.90. The second kappa shape index (κ2) is 5.94. The Bertz CT molecular complexity index is 413. The summed E-state index contributed by atoms with van der Waals surface area (Å²) in [6.07, 6.45) is 2.52. The molecular formula is C15H18O3. The number of rotatable bonds is 5. The molecule has 1 aromatic carbocycles. The minimum Gasteiger partial charge on any atom is -0.390 e. The molecule has 1 aromatic rings. The van der Waals surface area contributed by atoms with E-state index < -0.39 is 6.10 Å². The van der Waals surface area contributed by atoms with Gasteiger partial charge in [-0.15, -0.1) is 6.58 Å². The molecule has 3 nitrogen and oxygen atoms in total. The average molecular weight is 246 g/mol. The molecule has 1 N–H and O–H groups in total. The molecule has 1 aliphatic rings. The predicted octanol–water partition coefficient (Wildman–Crippen LogP) is 2.35. The zero-order valence-corrected chi connectivity index (χ0v) is 10.3. The van der Waals surface area contributed by atoms with Crippen LogP contribution in [-0.2, 0) is 4.74 Å². The van der Waals surface area contributed by atoms with Crippen LogP contribution in [0.2, 0.25) is 0 Å². The van der Waals surface area contributed by atoms with Crippen molar-refractivity contribution in [2.24, 2.45) is 0 Å². The normalized spacial score (nSPS) is 24.7. The van der Waals surface area contributed by atoms with Crippen molar-refractivity contribution in [3.05, 3.63) is 48.6 Å². The Hall–Kier alpha value is -1.45. The molecule has 3 heteroatoms. The lowest BCUT2D eigenvalue weighted by atomic mass is 10.0. The largest absolute Gasteiger partial charge is 0.390 e. The smallest absolute Gasteiger partial charge is 0.165 e. The van der Waals surface area contributed by atoms with E-state index in [1.165, 1.54) is 0 Å². The van der Waals surface area contributed by atoms with E-state index >= 15 is 0 Å². The van der Waals surface area contributed by atoms with Crippen molar-refractivity contribution in [1.82, 2.24) is 0 Å². The third-order valence-electron chi connectivity index (χ3n) is 3.27. The second-order valence-corrected chi connectivity index (χ2v) is 4.59. The molecule has 3 atom stereocenters. The van der Waals surface area contributed by atoms with Crippen LogP contribution in [-0.4, -0.2) is 29.2 Å². The van der Waals surface area contributed by atoms with Crippen LogP contribution in [0.25, 0.3) is 0 Å². The van der Waals surface area contributed by atoms with Gasteiger partial charge in [0.15, 0.2) is 5.78 Å². The van der Waals surface area contributed by atoms with Gasteiger partial charge in [-0.1, -0.05) is 36.4 Å². The highest BCUT2D eigenvalue weighted by Gasteiger charge is 2.30. The van der Waals surface area contributed by atoms with Crippen molar-refractivity contribution in [2.45, 2.75) is 37.6 Å². The quantitative estimate of drug-likeness (QED) is 0.641. The number of benzene rings is 1. The molecule has 0 aliphatic carbocycles. The summed E-state index contributed by atoms with van der Waals surface area (Å²) in [5.41, 5.74) is 0.634. The molecule has 2 rings (SSSR count). The molecule has 96 valence electrons. The molecule has 18 heavy (non-hydrogen) atoms. The van der Waals surface area contributed by atoms with Gasteiger partial charge in [0.05, 0.1) is 18.3 Å². The van der Waals surface area contributed by atoms with Crippen molar-refractivity contribution < 1.29 is 14.6 Å². The number of hydrogen-bond acceptors (Lipinski definition) is 3. The number of aliphatic hydroxyl groups is 1. The summed E-state index contributed by atoms with van der Waals surface area (Å²) < 4.78 is 5.59. The first kappa shape index (κ1) is 13.0. The summed E-state index contributed by atoms with van der Waals surface area (Å²) in [7, 11) is 0. The summed E-state index contributed by atoms with van der Waals surface area (Å²) in [4.78, 5) is 11.9. The molecule has 0 amide bonds. The highest BCUT2D eigenvalue weighted by Crippen LogP contribution is 2.24. The molecule has 0 radical (unpaired) electrons. The minimum atomic E-state index is -0.734. The van der Waals surface area contributed by atoms with Crippen LogP contribution in [0.1, 0.15) is 29.6 Å². The van der Waals surface area contributed by atoms with Gasteiger partial charge < -0.3 is 9.84 Å². The van der Waals surface area contributed by atoms with E-state index in [1.807, 2.05) is 18.2 Å². The van der Waals surface area contributed by atoms with E-state index in [2.05, 4.69) is 6.58 Å². The summed E-state index contributed by atoms with van der Waals surface area (Å²) in [6.45, 7) is 3.67. The van der Waals surface area contributed by atoms with Gasteiger partial charge in [-0.05, 0) is 12.8 Å². The Morgan fingerprint density at radius 2 is 2.17 bits per heavy atom. The van der Waals surface area contributed by atoms with Crippen molar-refractivity contribution in [1.29, 1.82) is 0 Å². The third kappa shape index (κ3) is 3.06. The second-order valence-electron chi connectivity index (χ2n) is 4.59. The summed E-state index contributed by atoms with van der Waals surface area (Å²) >= 11 is 0. The average Bonchev–Trinajstić information content (AvgIpc) is 2.88. The fraction of sp³-hybridized carbons (Fsp3) is 0.400. The van der Waals surface area contributed by atoms with E-state index in [0.717, 1.165) is 12.8 Å². The van der Waals surface area contributed by atoms with Gasteiger partial charge in [-0.3, -0.25) is 4.79 Å². The Morgan fingerprint density at radius 1 is 1.44 bits per heavy atom. The molecule has 1 heterocycles. The van der Waals surface area contributed by atoms with Crippen LogP contribution in [0.4, 0.5) is 0 Å². The zero-order chi connectivity index (χ0) is 13.0. The van der Waals surface area contributed by atoms with Gasteiger partial charge in [0.2, 0.25) is 0 Å². The maximum Gasteiger partial charge on any atom is 0.165 e. The van der Waals surface area contributed by atoms with E-state index in [-0.39, 0.29) is 24.4 Å².